The van der Waals surface area contributed by atoms with Crippen LogP contribution in [0.3, 0.4) is 0 Å². The highest BCUT2D eigenvalue weighted by atomic mass is 79.9. The van der Waals surface area contributed by atoms with Crippen molar-refractivity contribution < 1.29 is 9.90 Å². The van der Waals surface area contributed by atoms with E-state index in [0.29, 0.717) is 20.3 Å². The Morgan fingerprint density at radius 1 is 1.16 bits per heavy atom. The molecule has 2 aromatic rings. The molecule has 4 N–H and O–H groups in total. The molecule has 0 radical (unpaired) electrons. The third-order valence-electron chi connectivity index (χ3n) is 2.44. The van der Waals surface area contributed by atoms with E-state index in [9.17, 15) is 9.90 Å². The zero-order chi connectivity index (χ0) is 14.0. The van der Waals surface area contributed by atoms with Gasteiger partial charge in [0.1, 0.15) is 5.75 Å². The SMILES string of the molecule is Nc1ccc(NC(=O)c2cc(Br)ccc2O)c(Br)c1. The van der Waals surface area contributed by atoms with Gasteiger partial charge in [-0.2, -0.15) is 0 Å². The van der Waals surface area contributed by atoms with Gasteiger partial charge >= 0.3 is 0 Å². The Kier molecular flexibility index (Phi) is 4.11. The smallest absolute Gasteiger partial charge is 0.259 e. The van der Waals surface area contributed by atoms with E-state index in [1.54, 1.807) is 30.3 Å². The molecule has 0 spiro atoms. The molecule has 2 rings (SSSR count). The van der Waals surface area contributed by atoms with E-state index in [1.165, 1.54) is 6.07 Å². The minimum atomic E-state index is -0.399. The summed E-state index contributed by atoms with van der Waals surface area (Å²) in [5, 5.41) is 12.4. The number of amides is 1. The molecule has 0 unspecified atom stereocenters. The van der Waals surface area contributed by atoms with Gasteiger partial charge in [0.25, 0.3) is 5.91 Å². The molecule has 0 bridgehead atoms. The van der Waals surface area contributed by atoms with Crippen LogP contribution in [-0.4, -0.2) is 11.0 Å². The zero-order valence-electron chi connectivity index (χ0n) is 9.65. The molecule has 0 saturated carbocycles. The zero-order valence-corrected chi connectivity index (χ0v) is 12.8. The van der Waals surface area contributed by atoms with Crippen LogP contribution in [0.4, 0.5) is 11.4 Å². The Labute approximate surface area is 126 Å². The molecule has 98 valence electrons. The van der Waals surface area contributed by atoms with Gasteiger partial charge in [-0.25, -0.2) is 0 Å². The maximum atomic E-state index is 12.1. The van der Waals surface area contributed by atoms with Gasteiger partial charge in [0.05, 0.1) is 11.3 Å². The van der Waals surface area contributed by atoms with Gasteiger partial charge in [-0.1, -0.05) is 15.9 Å². The first-order valence-electron chi connectivity index (χ1n) is 5.32. The van der Waals surface area contributed by atoms with Gasteiger partial charge in [-0.3, -0.25) is 4.79 Å². The monoisotopic (exact) mass is 384 g/mol. The van der Waals surface area contributed by atoms with Crippen molar-refractivity contribution >= 4 is 49.1 Å². The molecular weight excluding hydrogens is 376 g/mol. The lowest BCUT2D eigenvalue weighted by molar-refractivity contribution is 0.102. The molecule has 0 aromatic heterocycles. The fourth-order valence-corrected chi connectivity index (χ4v) is 2.37. The fraction of sp³-hybridized carbons (Fsp3) is 0. The number of anilines is 2. The molecular formula is C13H10Br2N2O2. The molecule has 1 amide bonds. The van der Waals surface area contributed by atoms with Crippen LogP contribution in [0.2, 0.25) is 0 Å². The number of carbonyl (C=O) groups excluding carboxylic acids is 1. The van der Waals surface area contributed by atoms with Crippen molar-refractivity contribution in [2.75, 3.05) is 11.1 Å². The predicted octanol–water partition coefficient (Wildman–Crippen LogP) is 3.75. The summed E-state index contributed by atoms with van der Waals surface area (Å²) in [4.78, 5) is 12.1. The van der Waals surface area contributed by atoms with Crippen molar-refractivity contribution in [2.24, 2.45) is 0 Å². The third kappa shape index (κ3) is 3.27. The lowest BCUT2D eigenvalue weighted by Crippen LogP contribution is -2.12. The van der Waals surface area contributed by atoms with Crippen molar-refractivity contribution in [3.63, 3.8) is 0 Å². The quantitative estimate of drug-likeness (QED) is 0.689. The maximum absolute atomic E-state index is 12.1. The highest BCUT2D eigenvalue weighted by Crippen LogP contribution is 2.27. The van der Waals surface area contributed by atoms with Crippen LogP contribution < -0.4 is 11.1 Å². The highest BCUT2D eigenvalue weighted by Gasteiger charge is 2.13. The summed E-state index contributed by atoms with van der Waals surface area (Å²) in [6, 6.07) is 9.72. The molecule has 0 aliphatic carbocycles. The van der Waals surface area contributed by atoms with Gasteiger partial charge in [0.15, 0.2) is 0 Å². The summed E-state index contributed by atoms with van der Waals surface area (Å²) < 4.78 is 1.39. The number of nitrogens with two attached hydrogens (primary N) is 1. The van der Waals surface area contributed by atoms with Crippen LogP contribution in [0.15, 0.2) is 45.3 Å². The topological polar surface area (TPSA) is 75.3 Å². The number of hydrogen-bond acceptors (Lipinski definition) is 3. The minimum Gasteiger partial charge on any atom is -0.507 e. The largest absolute Gasteiger partial charge is 0.507 e. The molecule has 4 nitrogen and oxygen atoms in total. The van der Waals surface area contributed by atoms with Crippen LogP contribution >= 0.6 is 31.9 Å². The Balaban J connectivity index is 2.28. The first-order valence-corrected chi connectivity index (χ1v) is 6.91. The number of hydrogen-bond donors (Lipinski definition) is 3. The van der Waals surface area contributed by atoms with E-state index in [1.807, 2.05) is 0 Å². The van der Waals surface area contributed by atoms with Crippen molar-refractivity contribution in [1.82, 2.24) is 0 Å². The van der Waals surface area contributed by atoms with Gasteiger partial charge < -0.3 is 16.2 Å². The summed E-state index contributed by atoms with van der Waals surface area (Å²) in [5.74, 6) is -0.475. The summed E-state index contributed by atoms with van der Waals surface area (Å²) in [6.45, 7) is 0. The number of carbonyl (C=O) groups is 1. The molecule has 0 saturated heterocycles. The number of benzene rings is 2. The number of nitrogen functional groups attached to an aromatic ring is 1. The highest BCUT2D eigenvalue weighted by molar-refractivity contribution is 9.10. The number of aromatic hydroxyl groups is 1. The summed E-state index contributed by atoms with van der Waals surface area (Å²) in [7, 11) is 0. The van der Waals surface area contributed by atoms with Crippen molar-refractivity contribution in [1.29, 1.82) is 0 Å². The Morgan fingerprint density at radius 2 is 1.89 bits per heavy atom. The van der Waals surface area contributed by atoms with Crippen molar-refractivity contribution in [3.8, 4) is 5.75 Å². The first kappa shape index (κ1) is 13.9. The van der Waals surface area contributed by atoms with Crippen molar-refractivity contribution in [2.45, 2.75) is 0 Å². The summed E-state index contributed by atoms with van der Waals surface area (Å²) >= 11 is 6.57. The second kappa shape index (κ2) is 5.63. The molecule has 0 heterocycles. The normalized spacial score (nSPS) is 10.2. The predicted molar refractivity (Wildman–Crippen MR) is 82.3 cm³/mol. The maximum Gasteiger partial charge on any atom is 0.259 e. The van der Waals surface area contributed by atoms with E-state index in [-0.39, 0.29) is 11.3 Å². The van der Waals surface area contributed by atoms with Gasteiger partial charge in [0.2, 0.25) is 0 Å². The van der Waals surface area contributed by atoms with E-state index in [4.69, 9.17) is 5.73 Å². The second-order valence-corrected chi connectivity index (χ2v) is 5.62. The van der Waals surface area contributed by atoms with Crippen LogP contribution in [0.25, 0.3) is 0 Å². The fourth-order valence-electron chi connectivity index (χ4n) is 1.51. The number of phenolic OH excluding ortho intramolecular Hbond substituents is 1. The summed E-state index contributed by atoms with van der Waals surface area (Å²) in [5.41, 5.74) is 6.99. The first-order chi connectivity index (χ1) is 8.97. The van der Waals surface area contributed by atoms with Crippen LogP contribution in [0.5, 0.6) is 5.75 Å². The van der Waals surface area contributed by atoms with E-state index in [0.717, 1.165) is 0 Å². The molecule has 0 aliphatic rings. The van der Waals surface area contributed by atoms with E-state index in [2.05, 4.69) is 37.2 Å². The lowest BCUT2D eigenvalue weighted by Gasteiger charge is -2.09. The van der Waals surface area contributed by atoms with E-state index >= 15 is 0 Å². The number of phenols is 1. The molecule has 0 fully saturated rings. The van der Waals surface area contributed by atoms with E-state index < -0.39 is 5.91 Å². The third-order valence-corrected chi connectivity index (χ3v) is 3.59. The Morgan fingerprint density at radius 3 is 2.58 bits per heavy atom. The van der Waals surface area contributed by atoms with Crippen LogP contribution in [-0.2, 0) is 0 Å². The van der Waals surface area contributed by atoms with Crippen molar-refractivity contribution in [3.05, 3.63) is 50.9 Å². The van der Waals surface area contributed by atoms with Crippen LogP contribution in [0, 0.1) is 0 Å². The van der Waals surface area contributed by atoms with Gasteiger partial charge in [-0.05, 0) is 52.3 Å². The molecule has 2 aromatic carbocycles. The minimum absolute atomic E-state index is 0.0766. The van der Waals surface area contributed by atoms with Crippen LogP contribution in [0.1, 0.15) is 10.4 Å². The molecule has 0 atom stereocenters. The number of nitrogens with one attached hydrogen (secondary N) is 1. The van der Waals surface area contributed by atoms with Gasteiger partial charge in [-0.15, -0.1) is 0 Å². The lowest BCUT2D eigenvalue weighted by atomic mass is 10.2. The molecule has 6 heteroatoms. The Bertz CT molecular complexity index is 645. The molecule has 0 aliphatic heterocycles. The number of rotatable bonds is 2. The number of halogens is 2. The average Bonchev–Trinajstić information content (AvgIpc) is 2.35. The van der Waals surface area contributed by atoms with Gasteiger partial charge in [0, 0.05) is 14.6 Å². The summed E-state index contributed by atoms with van der Waals surface area (Å²) in [6.07, 6.45) is 0. The average molecular weight is 386 g/mol. The second-order valence-electron chi connectivity index (χ2n) is 3.85. The standard InChI is InChI=1S/C13H10Br2N2O2/c14-7-1-4-12(18)9(5-7)13(19)17-11-3-2-8(16)6-10(11)15/h1-6,18H,16H2,(H,17,19). The Hall–Kier alpha value is -1.53. The molecule has 19 heavy (non-hydrogen) atoms.